The fourth-order valence-electron chi connectivity index (χ4n) is 7.57. The number of benzene rings is 2. The Morgan fingerprint density at radius 2 is 1.98 bits per heavy atom. The van der Waals surface area contributed by atoms with Crippen LogP contribution in [-0.4, -0.2) is 55.7 Å². The van der Waals surface area contributed by atoms with Crippen LogP contribution in [0.3, 0.4) is 0 Å². The molecule has 3 aliphatic rings. The van der Waals surface area contributed by atoms with Crippen LogP contribution in [0.15, 0.2) is 60.2 Å². The van der Waals surface area contributed by atoms with Gasteiger partial charge in [-0.25, -0.2) is 18.4 Å². The third-order valence-electron chi connectivity index (χ3n) is 10.3. The van der Waals surface area contributed by atoms with E-state index in [1.54, 1.807) is 24.3 Å². The van der Waals surface area contributed by atoms with Gasteiger partial charge in [0, 0.05) is 23.5 Å². The molecule has 0 saturated heterocycles. The van der Waals surface area contributed by atoms with Crippen LogP contribution < -0.4 is 14.8 Å². The Morgan fingerprint density at radius 3 is 2.65 bits per heavy atom. The van der Waals surface area contributed by atoms with Crippen LogP contribution >= 0.6 is 11.6 Å². The molecular weight excluding hydrogens is 624 g/mol. The Hall–Kier alpha value is -2.85. The van der Waals surface area contributed by atoms with Gasteiger partial charge in [0.15, 0.2) is 0 Å². The van der Waals surface area contributed by atoms with E-state index in [1.807, 2.05) is 39.0 Å². The molecule has 0 radical (unpaired) electrons. The van der Waals surface area contributed by atoms with E-state index in [-0.39, 0.29) is 28.7 Å². The number of hydrogen-bond acceptors (Lipinski definition) is 6. The van der Waals surface area contributed by atoms with Gasteiger partial charge in [-0.15, -0.1) is 0 Å². The van der Waals surface area contributed by atoms with Gasteiger partial charge in [-0.3, -0.25) is 0 Å². The van der Waals surface area contributed by atoms with Gasteiger partial charge >= 0.3 is 5.97 Å². The molecule has 1 saturated carbocycles. The van der Waals surface area contributed by atoms with Gasteiger partial charge in [-0.1, -0.05) is 48.4 Å². The molecule has 2 aliphatic carbocycles. The predicted octanol–water partition coefficient (Wildman–Crippen LogP) is 6.49. The molecule has 0 aromatic heterocycles. The summed E-state index contributed by atoms with van der Waals surface area (Å²) in [4.78, 5) is 14.2. The summed E-state index contributed by atoms with van der Waals surface area (Å²) in [5.74, 6) is -0.286. The molecule has 10 heteroatoms. The maximum atomic E-state index is 12.3. The first-order chi connectivity index (χ1) is 21.8. The number of nitrogens with two attached hydrogens (primary N) is 1. The minimum atomic E-state index is -3.71. The Morgan fingerprint density at radius 1 is 1.20 bits per heavy atom. The van der Waals surface area contributed by atoms with E-state index in [2.05, 4.69) is 17.0 Å². The van der Waals surface area contributed by atoms with Crippen molar-refractivity contribution in [2.75, 3.05) is 24.6 Å². The van der Waals surface area contributed by atoms with E-state index in [0.29, 0.717) is 38.3 Å². The number of aryl methyl sites for hydroxylation is 1. The normalized spacial score (nSPS) is 24.6. The molecule has 5 rings (SSSR count). The van der Waals surface area contributed by atoms with E-state index < -0.39 is 27.3 Å². The average molecular weight is 671 g/mol. The van der Waals surface area contributed by atoms with Crippen molar-refractivity contribution in [3.63, 3.8) is 0 Å². The molecule has 1 spiro atoms. The van der Waals surface area contributed by atoms with Crippen LogP contribution in [0, 0.1) is 17.8 Å². The fraction of sp³-hybridized carbons (Fsp3) is 0.528. The standard InChI is InChI=1S/C36H47ClN2O6S/c1-23(2)9-16-34(46(38,43)44)24(3)6-4-8-32(40)29-13-10-27(29)20-39-21-36(17-5-7-25-18-28(37)12-14-30(25)36)22-45-33-15-11-26(35(41)42)19-31(33)39/h4,8-9,11-12,14-15,18-19,24,27,29,32,34,40H,5-7,10,13,16-17,20-22H2,1-3H3,(H,41,42)(H2,38,43,44)/b8-4+/t24-,27-,29+,32-,34+,36-/m0/s1. The van der Waals surface area contributed by atoms with E-state index in [1.165, 1.54) is 11.1 Å². The number of aliphatic hydroxyl groups excluding tert-OH is 1. The SMILES string of the molecule is CC(C)=CC[C@H]([C@@H](C)C/C=C/[C@H](O)[C@@H]1CC[C@H]1CN1C[C@@]2(CCCc3cc(Cl)ccc32)COc2ccc(C(=O)O)cc21)S(N)(=O)=O. The van der Waals surface area contributed by atoms with Gasteiger partial charge in [0.1, 0.15) is 5.75 Å². The summed E-state index contributed by atoms with van der Waals surface area (Å²) < 4.78 is 31.0. The first-order valence-electron chi connectivity index (χ1n) is 16.3. The highest BCUT2D eigenvalue weighted by molar-refractivity contribution is 7.89. The number of ether oxygens (including phenoxy) is 1. The maximum Gasteiger partial charge on any atom is 0.335 e. The molecule has 8 nitrogen and oxygen atoms in total. The van der Waals surface area contributed by atoms with Crippen molar-refractivity contribution in [2.45, 2.75) is 82.5 Å². The third-order valence-corrected chi connectivity index (χ3v) is 12.0. The number of hydrogen-bond donors (Lipinski definition) is 3. The molecule has 250 valence electrons. The van der Waals surface area contributed by atoms with Crippen LogP contribution in [0.2, 0.25) is 5.02 Å². The van der Waals surface area contributed by atoms with E-state index >= 15 is 0 Å². The van der Waals surface area contributed by atoms with Gasteiger partial charge in [0.2, 0.25) is 10.0 Å². The Kier molecular flexibility index (Phi) is 10.6. The smallest absolute Gasteiger partial charge is 0.335 e. The van der Waals surface area contributed by atoms with Gasteiger partial charge in [0.25, 0.3) is 0 Å². The summed E-state index contributed by atoms with van der Waals surface area (Å²) in [6, 6.07) is 11.2. The molecule has 6 atom stereocenters. The lowest BCUT2D eigenvalue weighted by Gasteiger charge is -2.45. The quantitative estimate of drug-likeness (QED) is 0.233. The molecule has 4 N–H and O–H groups in total. The third kappa shape index (κ3) is 7.64. The number of anilines is 1. The highest BCUT2D eigenvalue weighted by atomic mass is 35.5. The number of rotatable bonds is 11. The summed E-state index contributed by atoms with van der Waals surface area (Å²) in [6.07, 6.45) is 10.5. The average Bonchev–Trinajstić information content (AvgIpc) is 3.11. The van der Waals surface area contributed by atoms with Crippen molar-refractivity contribution in [1.29, 1.82) is 0 Å². The largest absolute Gasteiger partial charge is 0.490 e. The van der Waals surface area contributed by atoms with Gasteiger partial charge < -0.3 is 19.8 Å². The van der Waals surface area contributed by atoms with Crippen LogP contribution in [-0.2, 0) is 21.9 Å². The number of halogens is 1. The molecule has 1 heterocycles. The Bertz CT molecular complexity index is 1600. The second-order valence-corrected chi connectivity index (χ2v) is 16.1. The molecule has 2 aromatic carbocycles. The number of fused-ring (bicyclic) bond motifs is 3. The van der Waals surface area contributed by atoms with Crippen molar-refractivity contribution in [1.82, 2.24) is 0 Å². The first-order valence-corrected chi connectivity index (χ1v) is 18.3. The number of aliphatic hydroxyl groups is 1. The van der Waals surface area contributed by atoms with Crippen molar-refractivity contribution >= 4 is 33.3 Å². The molecule has 0 bridgehead atoms. The zero-order valence-corrected chi connectivity index (χ0v) is 28.6. The lowest BCUT2D eigenvalue weighted by Crippen LogP contribution is -2.49. The molecule has 0 amide bonds. The topological polar surface area (TPSA) is 130 Å². The number of carbonyl (C=O) groups is 1. The maximum absolute atomic E-state index is 12.3. The summed E-state index contributed by atoms with van der Waals surface area (Å²) in [6.45, 7) is 7.57. The monoisotopic (exact) mass is 670 g/mol. The summed E-state index contributed by atoms with van der Waals surface area (Å²) in [5, 5.41) is 26.6. The van der Waals surface area contributed by atoms with Crippen molar-refractivity contribution in [2.24, 2.45) is 22.9 Å². The molecular formula is C36H47ClN2O6S. The lowest BCUT2D eigenvalue weighted by atomic mass is 9.68. The molecule has 2 aromatic rings. The van der Waals surface area contributed by atoms with Crippen LogP contribution in [0.25, 0.3) is 0 Å². The second kappa shape index (κ2) is 14.1. The van der Waals surface area contributed by atoms with Gasteiger partial charge in [-0.05, 0) is 118 Å². The first kappa shape index (κ1) is 34.5. The summed E-state index contributed by atoms with van der Waals surface area (Å²) in [7, 11) is -3.71. The van der Waals surface area contributed by atoms with E-state index in [4.69, 9.17) is 21.5 Å². The number of carboxylic acids is 1. The zero-order chi connectivity index (χ0) is 33.2. The Labute approximate surface area is 278 Å². The molecule has 0 unspecified atom stereocenters. The predicted molar refractivity (Wildman–Crippen MR) is 183 cm³/mol. The number of sulfonamides is 1. The van der Waals surface area contributed by atoms with Crippen LogP contribution in [0.5, 0.6) is 5.75 Å². The highest BCUT2D eigenvalue weighted by Gasteiger charge is 2.44. The summed E-state index contributed by atoms with van der Waals surface area (Å²) >= 11 is 6.38. The van der Waals surface area contributed by atoms with E-state index in [9.17, 15) is 23.4 Å². The van der Waals surface area contributed by atoms with E-state index in [0.717, 1.165) is 48.4 Å². The molecule has 1 fully saturated rings. The van der Waals surface area contributed by atoms with Crippen LogP contribution in [0.4, 0.5) is 5.69 Å². The minimum absolute atomic E-state index is 0.0370. The lowest BCUT2D eigenvalue weighted by molar-refractivity contribution is 0.0456. The number of carboxylic acid groups (broad SMARTS) is 1. The molecule has 46 heavy (non-hydrogen) atoms. The van der Waals surface area contributed by atoms with Gasteiger partial charge in [-0.2, -0.15) is 0 Å². The fourth-order valence-corrected chi connectivity index (χ4v) is 8.89. The second-order valence-electron chi connectivity index (χ2n) is 13.9. The van der Waals surface area contributed by atoms with Crippen molar-refractivity contribution in [3.8, 4) is 5.75 Å². The van der Waals surface area contributed by atoms with Gasteiger partial charge in [0.05, 0.1) is 29.2 Å². The highest BCUT2D eigenvalue weighted by Crippen LogP contribution is 2.46. The number of allylic oxidation sites excluding steroid dienone is 3. The van der Waals surface area contributed by atoms with Crippen LogP contribution in [0.1, 0.15) is 80.8 Å². The van der Waals surface area contributed by atoms with Crippen molar-refractivity contribution < 1.29 is 28.2 Å². The Balaban J connectivity index is 1.34. The minimum Gasteiger partial charge on any atom is -0.490 e. The van der Waals surface area contributed by atoms with Crippen molar-refractivity contribution in [3.05, 3.63) is 81.9 Å². The molecule has 1 aliphatic heterocycles. The summed E-state index contributed by atoms with van der Waals surface area (Å²) in [5.41, 5.74) is 4.23. The number of aromatic carboxylic acids is 1. The number of nitrogens with zero attached hydrogens (tertiary/aromatic N) is 1. The number of primary sulfonamides is 1. The zero-order valence-electron chi connectivity index (χ0n) is 27.0.